The van der Waals surface area contributed by atoms with Gasteiger partial charge in [0.2, 0.25) is 5.89 Å². The topological polar surface area (TPSA) is 41.8 Å². The molecular weight excluding hydrogens is 196 g/mol. The van der Waals surface area contributed by atoms with Crippen LogP contribution in [0.5, 0.6) is 0 Å². The zero-order valence-corrected chi connectivity index (χ0v) is 8.60. The van der Waals surface area contributed by atoms with E-state index >= 15 is 0 Å². The van der Waals surface area contributed by atoms with Crippen LogP contribution in [-0.4, -0.2) is 10.2 Å². The second-order valence-electron chi connectivity index (χ2n) is 3.17. The van der Waals surface area contributed by atoms with Gasteiger partial charge in [-0.1, -0.05) is 29.8 Å². The van der Waals surface area contributed by atoms with Crippen LogP contribution in [0.4, 0.5) is 0 Å². The quantitative estimate of drug-likeness (QED) is 0.768. The van der Waals surface area contributed by atoms with Crippen molar-refractivity contribution in [2.75, 3.05) is 0 Å². The van der Waals surface area contributed by atoms with Crippen molar-refractivity contribution in [3.63, 3.8) is 0 Å². The van der Waals surface area contributed by atoms with Crippen LogP contribution in [0.15, 0.2) is 28.7 Å². The number of nitrogens with one attached hydrogen (secondary N) is 1. The van der Waals surface area contributed by atoms with Gasteiger partial charge in [-0.05, 0) is 24.7 Å². The average molecular weight is 206 g/mol. The van der Waals surface area contributed by atoms with E-state index in [-0.39, 0.29) is 0 Å². The summed E-state index contributed by atoms with van der Waals surface area (Å²) in [4.78, 5) is 0.326. The van der Waals surface area contributed by atoms with E-state index in [1.807, 2.05) is 0 Å². The summed E-state index contributed by atoms with van der Waals surface area (Å²) >= 11 is 4.79. The first-order valence-corrected chi connectivity index (χ1v) is 4.75. The molecule has 0 fully saturated rings. The molecule has 0 aliphatic carbocycles. The molecule has 0 bridgehead atoms. The number of aromatic amines is 1. The first-order chi connectivity index (χ1) is 6.74. The highest BCUT2D eigenvalue weighted by Crippen LogP contribution is 2.08. The molecule has 1 aromatic heterocycles. The van der Waals surface area contributed by atoms with Gasteiger partial charge in [0.15, 0.2) is 0 Å². The Morgan fingerprint density at radius 3 is 2.64 bits per heavy atom. The minimum atomic E-state index is 0.326. The van der Waals surface area contributed by atoms with Gasteiger partial charge in [-0.2, -0.15) is 0 Å². The van der Waals surface area contributed by atoms with Crippen molar-refractivity contribution in [1.82, 2.24) is 10.2 Å². The van der Waals surface area contributed by atoms with Gasteiger partial charge in [0, 0.05) is 0 Å². The molecule has 0 unspecified atom stereocenters. The molecule has 0 spiro atoms. The minimum Gasteiger partial charge on any atom is -0.414 e. The van der Waals surface area contributed by atoms with Crippen LogP contribution in [0, 0.1) is 11.8 Å². The molecule has 2 rings (SSSR count). The molecule has 1 aromatic carbocycles. The molecule has 0 amide bonds. The van der Waals surface area contributed by atoms with Gasteiger partial charge in [0.1, 0.15) is 0 Å². The Bertz CT molecular complexity index is 469. The first-order valence-electron chi connectivity index (χ1n) is 4.34. The van der Waals surface area contributed by atoms with E-state index in [1.165, 1.54) is 11.1 Å². The number of hydrogen-bond acceptors (Lipinski definition) is 3. The summed E-state index contributed by atoms with van der Waals surface area (Å²) in [5, 5.41) is 6.54. The predicted molar refractivity (Wildman–Crippen MR) is 55.7 cm³/mol. The average Bonchev–Trinajstić information content (AvgIpc) is 2.56. The lowest BCUT2D eigenvalue weighted by Gasteiger charge is -1.96. The predicted octanol–water partition coefficient (Wildman–Crippen LogP) is 2.63. The number of nitrogens with zero attached hydrogens (tertiary/aromatic N) is 1. The summed E-state index contributed by atoms with van der Waals surface area (Å²) in [6, 6.07) is 8.25. The number of H-pyrrole nitrogens is 1. The van der Waals surface area contributed by atoms with Gasteiger partial charge >= 0.3 is 0 Å². The summed E-state index contributed by atoms with van der Waals surface area (Å²) in [5.41, 5.74) is 2.41. The Balaban J connectivity index is 2.19. The molecule has 3 nitrogen and oxygen atoms in total. The highest BCUT2D eigenvalue weighted by Gasteiger charge is 2.00. The number of hydrogen-bond donors (Lipinski definition) is 1. The molecule has 0 atom stereocenters. The van der Waals surface area contributed by atoms with Gasteiger partial charge in [0.05, 0.1) is 6.42 Å². The molecule has 14 heavy (non-hydrogen) atoms. The highest BCUT2D eigenvalue weighted by molar-refractivity contribution is 7.71. The Hall–Kier alpha value is -1.42. The lowest BCUT2D eigenvalue weighted by molar-refractivity contribution is 0.491. The van der Waals surface area contributed by atoms with Crippen LogP contribution in [0.25, 0.3) is 0 Å². The van der Waals surface area contributed by atoms with Crippen molar-refractivity contribution < 1.29 is 4.42 Å². The maximum atomic E-state index is 5.17. The van der Waals surface area contributed by atoms with E-state index < -0.39 is 0 Å². The Morgan fingerprint density at radius 1 is 1.36 bits per heavy atom. The van der Waals surface area contributed by atoms with E-state index in [2.05, 4.69) is 41.4 Å². The fourth-order valence-corrected chi connectivity index (χ4v) is 1.36. The highest BCUT2D eigenvalue weighted by atomic mass is 32.1. The molecule has 0 saturated carbocycles. The minimum absolute atomic E-state index is 0.326. The SMILES string of the molecule is Cc1ccc(Cc2n[nH]c(=S)o2)cc1. The normalized spacial score (nSPS) is 10.4. The lowest BCUT2D eigenvalue weighted by atomic mass is 10.1. The summed E-state index contributed by atoms with van der Waals surface area (Å²) < 4.78 is 5.17. The standard InChI is InChI=1S/C10H10N2OS/c1-7-2-4-8(5-3-7)6-9-11-12-10(14)13-9/h2-5H,6H2,1H3,(H,12,14). The van der Waals surface area contributed by atoms with Gasteiger partial charge in [0.25, 0.3) is 4.84 Å². The van der Waals surface area contributed by atoms with Crippen molar-refractivity contribution >= 4 is 12.2 Å². The second kappa shape index (κ2) is 3.75. The fourth-order valence-electron chi connectivity index (χ4n) is 1.22. The molecule has 4 heteroatoms. The monoisotopic (exact) mass is 206 g/mol. The van der Waals surface area contributed by atoms with E-state index in [0.717, 1.165) is 0 Å². The van der Waals surface area contributed by atoms with Crippen LogP contribution < -0.4 is 0 Å². The molecule has 1 heterocycles. The van der Waals surface area contributed by atoms with Crippen LogP contribution >= 0.6 is 12.2 Å². The Morgan fingerprint density at radius 2 is 2.07 bits per heavy atom. The summed E-state index contributed by atoms with van der Waals surface area (Å²) in [5.74, 6) is 0.624. The first kappa shape index (κ1) is 9.15. The molecular formula is C10H10N2OS. The van der Waals surface area contributed by atoms with E-state index in [0.29, 0.717) is 17.1 Å². The maximum Gasteiger partial charge on any atom is 0.284 e. The van der Waals surface area contributed by atoms with Gasteiger partial charge in [-0.3, -0.25) is 0 Å². The van der Waals surface area contributed by atoms with E-state index in [4.69, 9.17) is 16.6 Å². The van der Waals surface area contributed by atoms with Crippen LogP contribution in [0.2, 0.25) is 0 Å². The molecule has 1 N–H and O–H groups in total. The largest absolute Gasteiger partial charge is 0.414 e. The van der Waals surface area contributed by atoms with Crippen LogP contribution in [0.1, 0.15) is 17.0 Å². The van der Waals surface area contributed by atoms with Crippen molar-refractivity contribution in [3.05, 3.63) is 46.1 Å². The van der Waals surface area contributed by atoms with Gasteiger partial charge < -0.3 is 4.42 Å². The van der Waals surface area contributed by atoms with Gasteiger partial charge in [-0.25, -0.2) is 5.10 Å². The van der Waals surface area contributed by atoms with Crippen molar-refractivity contribution in [2.24, 2.45) is 0 Å². The third kappa shape index (κ3) is 2.09. The Kier molecular flexibility index (Phi) is 2.45. The number of aromatic nitrogens is 2. The fraction of sp³-hybridized carbons (Fsp3) is 0.200. The Labute approximate surface area is 86.8 Å². The lowest BCUT2D eigenvalue weighted by Crippen LogP contribution is -1.88. The summed E-state index contributed by atoms with van der Waals surface area (Å²) in [6.07, 6.45) is 0.674. The number of benzene rings is 1. The molecule has 0 saturated heterocycles. The van der Waals surface area contributed by atoms with Crippen molar-refractivity contribution in [2.45, 2.75) is 13.3 Å². The maximum absolute atomic E-state index is 5.17. The van der Waals surface area contributed by atoms with Crippen LogP contribution in [-0.2, 0) is 6.42 Å². The summed E-state index contributed by atoms with van der Waals surface area (Å²) in [6.45, 7) is 2.06. The van der Waals surface area contributed by atoms with Crippen molar-refractivity contribution in [3.8, 4) is 0 Å². The smallest absolute Gasteiger partial charge is 0.284 e. The van der Waals surface area contributed by atoms with Crippen molar-refractivity contribution in [1.29, 1.82) is 0 Å². The third-order valence-electron chi connectivity index (χ3n) is 1.96. The number of aryl methyl sites for hydroxylation is 1. The number of rotatable bonds is 2. The van der Waals surface area contributed by atoms with E-state index in [9.17, 15) is 0 Å². The molecule has 0 aliphatic rings. The molecule has 2 aromatic rings. The second-order valence-corrected chi connectivity index (χ2v) is 3.54. The van der Waals surface area contributed by atoms with Crippen LogP contribution in [0.3, 0.4) is 0 Å². The molecule has 0 aliphatic heterocycles. The third-order valence-corrected chi connectivity index (χ3v) is 2.13. The van der Waals surface area contributed by atoms with Gasteiger partial charge in [-0.15, -0.1) is 5.10 Å². The zero-order chi connectivity index (χ0) is 9.97. The summed E-state index contributed by atoms with van der Waals surface area (Å²) in [7, 11) is 0. The van der Waals surface area contributed by atoms with E-state index in [1.54, 1.807) is 0 Å². The molecule has 0 radical (unpaired) electrons. The molecule has 72 valence electrons. The zero-order valence-electron chi connectivity index (χ0n) is 7.78.